The molecule has 3 aromatic carbocycles. The Hall–Kier alpha value is -2.32. The van der Waals surface area contributed by atoms with Gasteiger partial charge in [0, 0.05) is 5.39 Å². The molecule has 21 heavy (non-hydrogen) atoms. The van der Waals surface area contributed by atoms with Crippen molar-refractivity contribution in [2.45, 2.75) is 12.8 Å². The summed E-state index contributed by atoms with van der Waals surface area (Å²) in [5.74, 6) is 1.77. The third-order valence-corrected chi connectivity index (χ3v) is 3.55. The molecule has 106 valence electrons. The van der Waals surface area contributed by atoms with E-state index in [1.807, 2.05) is 36.4 Å². The average Bonchev–Trinajstić information content (AvgIpc) is 2.54. The molecule has 0 amide bonds. The normalized spacial score (nSPS) is 10.7. The van der Waals surface area contributed by atoms with Crippen molar-refractivity contribution in [2.24, 2.45) is 5.73 Å². The van der Waals surface area contributed by atoms with Gasteiger partial charge in [0.15, 0.2) is 0 Å². The highest BCUT2D eigenvalue weighted by atomic mass is 16.5. The minimum atomic E-state index is 0.717. The van der Waals surface area contributed by atoms with Gasteiger partial charge in [-0.3, -0.25) is 0 Å². The van der Waals surface area contributed by atoms with Crippen LogP contribution in [-0.2, 0) is 6.42 Å². The number of hydrogen-bond acceptors (Lipinski definition) is 2. The van der Waals surface area contributed by atoms with Crippen molar-refractivity contribution in [1.29, 1.82) is 0 Å². The predicted molar refractivity (Wildman–Crippen MR) is 87.8 cm³/mol. The standard InChI is InChI=1S/C19H19NO/c20-13-5-7-15-6-3-10-17(14-15)21-19-12-4-9-16-8-1-2-11-18(16)19/h1-4,6,8-12,14H,5,7,13,20H2. The Morgan fingerprint density at radius 2 is 1.67 bits per heavy atom. The highest BCUT2D eigenvalue weighted by Gasteiger charge is 2.03. The summed E-state index contributed by atoms with van der Waals surface area (Å²) in [4.78, 5) is 0. The van der Waals surface area contributed by atoms with Crippen molar-refractivity contribution in [2.75, 3.05) is 6.54 Å². The highest BCUT2D eigenvalue weighted by molar-refractivity contribution is 5.88. The molecule has 3 rings (SSSR count). The molecule has 0 fully saturated rings. The maximum atomic E-state index is 6.08. The Morgan fingerprint density at radius 3 is 2.57 bits per heavy atom. The average molecular weight is 277 g/mol. The molecule has 2 nitrogen and oxygen atoms in total. The first-order chi connectivity index (χ1) is 10.4. The Balaban J connectivity index is 1.88. The van der Waals surface area contributed by atoms with Gasteiger partial charge in [0.1, 0.15) is 11.5 Å². The van der Waals surface area contributed by atoms with Crippen molar-refractivity contribution in [3.63, 3.8) is 0 Å². The molecule has 0 saturated carbocycles. The van der Waals surface area contributed by atoms with Crippen LogP contribution in [0, 0.1) is 0 Å². The summed E-state index contributed by atoms with van der Waals surface area (Å²) in [6.07, 6.45) is 1.99. The van der Waals surface area contributed by atoms with E-state index in [4.69, 9.17) is 10.5 Å². The third-order valence-electron chi connectivity index (χ3n) is 3.55. The highest BCUT2D eigenvalue weighted by Crippen LogP contribution is 2.30. The summed E-state index contributed by atoms with van der Waals surface area (Å²) in [5.41, 5.74) is 6.83. The SMILES string of the molecule is NCCCc1cccc(Oc2cccc3ccccc23)c1. The van der Waals surface area contributed by atoms with Crippen LogP contribution in [0.4, 0.5) is 0 Å². The molecular weight excluding hydrogens is 258 g/mol. The molecule has 0 aliphatic carbocycles. The lowest BCUT2D eigenvalue weighted by atomic mass is 10.1. The van der Waals surface area contributed by atoms with Crippen molar-refractivity contribution >= 4 is 10.8 Å². The van der Waals surface area contributed by atoms with Gasteiger partial charge >= 0.3 is 0 Å². The van der Waals surface area contributed by atoms with Crippen LogP contribution in [0.3, 0.4) is 0 Å². The molecule has 3 aromatic rings. The number of nitrogens with two attached hydrogens (primary N) is 1. The molecule has 0 spiro atoms. The molecule has 0 aromatic heterocycles. The van der Waals surface area contributed by atoms with E-state index in [2.05, 4.69) is 30.3 Å². The molecule has 0 radical (unpaired) electrons. The van der Waals surface area contributed by atoms with E-state index < -0.39 is 0 Å². The van der Waals surface area contributed by atoms with Crippen LogP contribution in [0.5, 0.6) is 11.5 Å². The van der Waals surface area contributed by atoms with Gasteiger partial charge in [-0.2, -0.15) is 0 Å². The molecule has 0 aliphatic heterocycles. The third kappa shape index (κ3) is 3.23. The zero-order chi connectivity index (χ0) is 14.5. The number of aryl methyl sites for hydroxylation is 1. The van der Waals surface area contributed by atoms with Gasteiger partial charge in [-0.1, -0.05) is 48.5 Å². The Kier molecular flexibility index (Phi) is 4.17. The zero-order valence-corrected chi connectivity index (χ0v) is 12.0. The van der Waals surface area contributed by atoms with Crippen LogP contribution < -0.4 is 10.5 Å². The molecular formula is C19H19NO. The van der Waals surface area contributed by atoms with Gasteiger partial charge in [-0.25, -0.2) is 0 Å². The predicted octanol–water partition coefficient (Wildman–Crippen LogP) is 4.52. The van der Waals surface area contributed by atoms with Gasteiger partial charge in [0.05, 0.1) is 0 Å². The molecule has 0 saturated heterocycles. The lowest BCUT2D eigenvalue weighted by Crippen LogP contribution is -2.00. The molecule has 2 N–H and O–H groups in total. The fraction of sp³-hybridized carbons (Fsp3) is 0.158. The Labute approximate surface area is 125 Å². The topological polar surface area (TPSA) is 35.2 Å². The van der Waals surface area contributed by atoms with Crippen molar-refractivity contribution in [3.8, 4) is 11.5 Å². The van der Waals surface area contributed by atoms with E-state index in [1.165, 1.54) is 10.9 Å². The van der Waals surface area contributed by atoms with Gasteiger partial charge in [-0.05, 0) is 48.5 Å². The van der Waals surface area contributed by atoms with Crippen molar-refractivity contribution in [1.82, 2.24) is 0 Å². The summed E-state index contributed by atoms with van der Waals surface area (Å²) in [7, 11) is 0. The maximum Gasteiger partial charge on any atom is 0.135 e. The van der Waals surface area contributed by atoms with E-state index in [9.17, 15) is 0 Å². The van der Waals surface area contributed by atoms with Gasteiger partial charge in [0.25, 0.3) is 0 Å². The van der Waals surface area contributed by atoms with Gasteiger partial charge in [0.2, 0.25) is 0 Å². The van der Waals surface area contributed by atoms with E-state index in [0.717, 1.165) is 29.7 Å². The fourth-order valence-corrected chi connectivity index (χ4v) is 2.48. The van der Waals surface area contributed by atoms with E-state index in [0.29, 0.717) is 6.54 Å². The van der Waals surface area contributed by atoms with E-state index in [1.54, 1.807) is 0 Å². The lowest BCUT2D eigenvalue weighted by Gasteiger charge is -2.10. The van der Waals surface area contributed by atoms with Crippen LogP contribution in [0.25, 0.3) is 10.8 Å². The molecule has 0 unspecified atom stereocenters. The van der Waals surface area contributed by atoms with E-state index in [-0.39, 0.29) is 0 Å². The number of ether oxygens (including phenoxy) is 1. The minimum Gasteiger partial charge on any atom is -0.457 e. The second kappa shape index (κ2) is 6.42. The number of benzene rings is 3. The first-order valence-electron chi connectivity index (χ1n) is 7.31. The van der Waals surface area contributed by atoms with Crippen molar-refractivity contribution in [3.05, 3.63) is 72.3 Å². The lowest BCUT2D eigenvalue weighted by molar-refractivity contribution is 0.487. The van der Waals surface area contributed by atoms with Crippen LogP contribution in [0.2, 0.25) is 0 Å². The summed E-state index contributed by atoms with van der Waals surface area (Å²) in [6, 6.07) is 22.6. The smallest absolute Gasteiger partial charge is 0.135 e. The number of fused-ring (bicyclic) bond motifs is 1. The Morgan fingerprint density at radius 1 is 0.857 bits per heavy atom. The maximum absolute atomic E-state index is 6.08. The van der Waals surface area contributed by atoms with Crippen LogP contribution in [-0.4, -0.2) is 6.54 Å². The van der Waals surface area contributed by atoms with E-state index >= 15 is 0 Å². The Bertz CT molecular complexity index is 731. The number of rotatable bonds is 5. The van der Waals surface area contributed by atoms with Crippen LogP contribution >= 0.6 is 0 Å². The van der Waals surface area contributed by atoms with Crippen molar-refractivity contribution < 1.29 is 4.74 Å². The molecule has 2 heteroatoms. The van der Waals surface area contributed by atoms with Crippen LogP contribution in [0.15, 0.2) is 66.7 Å². The quantitative estimate of drug-likeness (QED) is 0.744. The zero-order valence-electron chi connectivity index (χ0n) is 12.0. The fourth-order valence-electron chi connectivity index (χ4n) is 2.48. The summed E-state index contributed by atoms with van der Waals surface area (Å²) in [5, 5.41) is 2.32. The molecule has 0 bridgehead atoms. The first kappa shape index (κ1) is 13.7. The second-order valence-electron chi connectivity index (χ2n) is 5.12. The largest absolute Gasteiger partial charge is 0.457 e. The second-order valence-corrected chi connectivity index (χ2v) is 5.12. The molecule has 0 atom stereocenters. The first-order valence-corrected chi connectivity index (χ1v) is 7.31. The van der Waals surface area contributed by atoms with Gasteiger partial charge in [-0.15, -0.1) is 0 Å². The van der Waals surface area contributed by atoms with Gasteiger partial charge < -0.3 is 10.5 Å². The minimum absolute atomic E-state index is 0.717. The summed E-state index contributed by atoms with van der Waals surface area (Å²) < 4.78 is 6.08. The molecule has 0 heterocycles. The molecule has 0 aliphatic rings. The van der Waals surface area contributed by atoms with Crippen LogP contribution in [0.1, 0.15) is 12.0 Å². The summed E-state index contributed by atoms with van der Waals surface area (Å²) >= 11 is 0. The number of hydrogen-bond donors (Lipinski definition) is 1. The summed E-state index contributed by atoms with van der Waals surface area (Å²) in [6.45, 7) is 0.717. The monoisotopic (exact) mass is 277 g/mol.